The molecule has 3 heterocycles. The lowest BCUT2D eigenvalue weighted by Crippen LogP contribution is -2.16. The number of nitrogens with zero attached hydrogens (tertiary/aromatic N) is 4. The van der Waals surface area contributed by atoms with Gasteiger partial charge >= 0.3 is 0 Å². The van der Waals surface area contributed by atoms with E-state index in [1.165, 1.54) is 0 Å². The summed E-state index contributed by atoms with van der Waals surface area (Å²) in [6.07, 6.45) is 4.03. The maximum Gasteiger partial charge on any atom is 0.226 e. The third-order valence-electron chi connectivity index (χ3n) is 5.40. The molecule has 0 aliphatic carbocycles. The van der Waals surface area contributed by atoms with E-state index < -0.39 is 0 Å². The van der Waals surface area contributed by atoms with Crippen LogP contribution in [0.2, 0.25) is 0 Å². The van der Waals surface area contributed by atoms with Crippen LogP contribution in [0.25, 0.3) is 22.8 Å². The number of hydrogen-bond acceptors (Lipinski definition) is 7. The molecule has 0 bridgehead atoms. The largest absolute Gasteiger partial charge is 0.497 e. The van der Waals surface area contributed by atoms with Crippen molar-refractivity contribution in [3.05, 3.63) is 66.6 Å². The normalized spacial score (nSPS) is 15.8. The second-order valence-corrected chi connectivity index (χ2v) is 8.52. The van der Waals surface area contributed by atoms with Gasteiger partial charge in [-0.1, -0.05) is 30.0 Å². The Kier molecular flexibility index (Phi) is 6.22. The van der Waals surface area contributed by atoms with Crippen molar-refractivity contribution in [3.8, 4) is 28.6 Å². The zero-order valence-corrected chi connectivity index (χ0v) is 18.6. The first-order valence-corrected chi connectivity index (χ1v) is 11.6. The molecule has 0 amide bonds. The molecule has 1 atom stereocenters. The first-order valence-electron chi connectivity index (χ1n) is 10.6. The second kappa shape index (κ2) is 9.58. The van der Waals surface area contributed by atoms with Crippen molar-refractivity contribution in [2.24, 2.45) is 0 Å². The molecule has 2 aromatic heterocycles. The molecule has 5 rings (SSSR count). The van der Waals surface area contributed by atoms with Crippen LogP contribution >= 0.6 is 11.8 Å². The van der Waals surface area contributed by atoms with Crippen molar-refractivity contribution >= 4 is 11.8 Å². The minimum atomic E-state index is 0.180. The molecule has 0 radical (unpaired) electrons. The Morgan fingerprint density at radius 3 is 2.66 bits per heavy atom. The van der Waals surface area contributed by atoms with Crippen molar-refractivity contribution in [1.29, 1.82) is 0 Å². The van der Waals surface area contributed by atoms with Gasteiger partial charge in [-0.2, -0.15) is 0 Å². The van der Waals surface area contributed by atoms with E-state index in [1.54, 1.807) is 25.1 Å². The fourth-order valence-corrected chi connectivity index (χ4v) is 4.56. The van der Waals surface area contributed by atoms with E-state index >= 15 is 0 Å². The highest BCUT2D eigenvalue weighted by atomic mass is 32.2. The lowest BCUT2D eigenvalue weighted by Gasteiger charge is -2.14. The van der Waals surface area contributed by atoms with Crippen LogP contribution in [0, 0.1) is 0 Å². The summed E-state index contributed by atoms with van der Waals surface area (Å²) in [6, 6.07) is 17.8. The molecule has 0 saturated carbocycles. The van der Waals surface area contributed by atoms with E-state index in [0.29, 0.717) is 11.6 Å². The Morgan fingerprint density at radius 2 is 1.91 bits per heavy atom. The minimum Gasteiger partial charge on any atom is -0.497 e. The zero-order chi connectivity index (χ0) is 21.8. The summed E-state index contributed by atoms with van der Waals surface area (Å²) in [5.41, 5.74) is 2.83. The van der Waals surface area contributed by atoms with Gasteiger partial charge in [0.05, 0.1) is 25.5 Å². The van der Waals surface area contributed by atoms with Crippen molar-refractivity contribution in [1.82, 2.24) is 19.7 Å². The van der Waals surface area contributed by atoms with Gasteiger partial charge in [0.15, 0.2) is 11.0 Å². The minimum absolute atomic E-state index is 0.180. The molecule has 1 unspecified atom stereocenters. The van der Waals surface area contributed by atoms with Crippen LogP contribution in [0.1, 0.15) is 18.5 Å². The van der Waals surface area contributed by atoms with Gasteiger partial charge in [0.25, 0.3) is 0 Å². The van der Waals surface area contributed by atoms with E-state index in [9.17, 15) is 0 Å². The summed E-state index contributed by atoms with van der Waals surface area (Å²) in [5, 5.41) is 9.83. The standard InChI is InChI=1S/C24H24N4O3S/c1-29-20-11-9-17(10-12-20)22-26-27-24(28(22)14-21-8-5-13-30-21)32-16-19-15-31-23(25-19)18-6-3-2-4-7-18/h2-4,6-7,9-12,15,21H,5,8,13-14,16H2,1H3. The highest BCUT2D eigenvalue weighted by Gasteiger charge is 2.22. The predicted molar refractivity (Wildman–Crippen MR) is 122 cm³/mol. The van der Waals surface area contributed by atoms with Crippen molar-refractivity contribution in [2.45, 2.75) is 36.4 Å². The Bertz CT molecular complexity index is 1150. The maximum absolute atomic E-state index is 5.89. The summed E-state index contributed by atoms with van der Waals surface area (Å²) in [5.74, 6) is 2.91. The lowest BCUT2D eigenvalue weighted by molar-refractivity contribution is 0.0953. The number of rotatable bonds is 8. The van der Waals surface area contributed by atoms with Crippen LogP contribution in [0.4, 0.5) is 0 Å². The van der Waals surface area contributed by atoms with Gasteiger partial charge in [-0.25, -0.2) is 4.98 Å². The fourth-order valence-electron chi connectivity index (χ4n) is 3.73. The molecule has 1 aliphatic rings. The fraction of sp³-hybridized carbons (Fsp3) is 0.292. The lowest BCUT2D eigenvalue weighted by atomic mass is 10.2. The summed E-state index contributed by atoms with van der Waals surface area (Å²) in [7, 11) is 1.66. The molecule has 4 aromatic rings. The van der Waals surface area contributed by atoms with E-state index in [0.717, 1.165) is 59.5 Å². The molecule has 1 saturated heterocycles. The van der Waals surface area contributed by atoms with Crippen LogP contribution in [0.3, 0.4) is 0 Å². The molecule has 7 nitrogen and oxygen atoms in total. The molecule has 8 heteroatoms. The van der Waals surface area contributed by atoms with E-state index in [4.69, 9.17) is 13.9 Å². The van der Waals surface area contributed by atoms with Gasteiger partial charge in [0.2, 0.25) is 5.89 Å². The van der Waals surface area contributed by atoms with Gasteiger partial charge in [-0.05, 0) is 49.2 Å². The average molecular weight is 449 g/mol. The smallest absolute Gasteiger partial charge is 0.226 e. The maximum atomic E-state index is 5.89. The average Bonchev–Trinajstić information content (AvgIpc) is 3.61. The SMILES string of the molecule is COc1ccc(-c2nnc(SCc3coc(-c4ccccc4)n3)n2CC2CCCO2)cc1. The van der Waals surface area contributed by atoms with E-state index in [2.05, 4.69) is 19.7 Å². The quantitative estimate of drug-likeness (QED) is 0.348. The molecule has 1 aliphatic heterocycles. The van der Waals surface area contributed by atoms with Crippen LogP contribution < -0.4 is 4.74 Å². The van der Waals surface area contributed by atoms with Crippen LogP contribution in [-0.4, -0.2) is 39.6 Å². The molecule has 2 aromatic carbocycles. The number of methoxy groups -OCH3 is 1. The van der Waals surface area contributed by atoms with Gasteiger partial charge in [-0.3, -0.25) is 4.57 Å². The summed E-state index contributed by atoms with van der Waals surface area (Å²) in [4.78, 5) is 4.63. The van der Waals surface area contributed by atoms with Crippen LogP contribution in [0.5, 0.6) is 5.75 Å². The second-order valence-electron chi connectivity index (χ2n) is 7.58. The van der Waals surface area contributed by atoms with Crippen LogP contribution in [0.15, 0.2) is 70.4 Å². The molecule has 32 heavy (non-hydrogen) atoms. The topological polar surface area (TPSA) is 75.2 Å². The van der Waals surface area contributed by atoms with Crippen LogP contribution in [-0.2, 0) is 17.0 Å². The molecule has 0 spiro atoms. The Hall–Kier alpha value is -3.10. The number of hydrogen-bond donors (Lipinski definition) is 0. The highest BCUT2D eigenvalue weighted by molar-refractivity contribution is 7.98. The van der Waals surface area contributed by atoms with Gasteiger partial charge < -0.3 is 13.9 Å². The van der Waals surface area contributed by atoms with Gasteiger partial charge in [0.1, 0.15) is 12.0 Å². The summed E-state index contributed by atoms with van der Waals surface area (Å²) >= 11 is 1.60. The highest BCUT2D eigenvalue weighted by Crippen LogP contribution is 2.30. The monoisotopic (exact) mass is 448 g/mol. The molecule has 164 valence electrons. The van der Waals surface area contributed by atoms with Gasteiger partial charge in [0, 0.05) is 23.5 Å². The first-order chi connectivity index (χ1) is 15.8. The summed E-state index contributed by atoms with van der Waals surface area (Å²) < 4.78 is 19.0. The third-order valence-corrected chi connectivity index (χ3v) is 6.40. The molecule has 1 fully saturated rings. The predicted octanol–water partition coefficient (Wildman–Crippen LogP) is 5.08. The molecular formula is C24H24N4O3S. The summed E-state index contributed by atoms with van der Waals surface area (Å²) in [6.45, 7) is 1.54. The Morgan fingerprint density at radius 1 is 1.06 bits per heavy atom. The number of benzene rings is 2. The number of ether oxygens (including phenoxy) is 2. The van der Waals surface area contributed by atoms with E-state index in [1.807, 2.05) is 54.6 Å². The number of oxazole rings is 1. The van der Waals surface area contributed by atoms with E-state index in [-0.39, 0.29) is 6.10 Å². The third kappa shape index (κ3) is 4.56. The van der Waals surface area contributed by atoms with Crippen molar-refractivity contribution in [2.75, 3.05) is 13.7 Å². The zero-order valence-electron chi connectivity index (χ0n) is 17.8. The van der Waals surface area contributed by atoms with Gasteiger partial charge in [-0.15, -0.1) is 10.2 Å². The molecule has 0 N–H and O–H groups in total. The number of thioether (sulfide) groups is 1. The van der Waals surface area contributed by atoms with Crippen molar-refractivity contribution < 1.29 is 13.9 Å². The van der Waals surface area contributed by atoms with Crippen molar-refractivity contribution in [3.63, 3.8) is 0 Å². The Labute approximate surface area is 190 Å². The molecular weight excluding hydrogens is 424 g/mol. The Balaban J connectivity index is 1.37. The first kappa shape index (κ1) is 20.8. The number of aromatic nitrogens is 4.